The van der Waals surface area contributed by atoms with Gasteiger partial charge in [-0.15, -0.1) is 0 Å². The van der Waals surface area contributed by atoms with E-state index in [1.54, 1.807) is 11.6 Å². The van der Waals surface area contributed by atoms with E-state index in [0.29, 0.717) is 43.3 Å². The number of carbonyl (C=O) groups excluding carboxylic acids is 1. The molecule has 3 heterocycles. The van der Waals surface area contributed by atoms with Gasteiger partial charge in [-0.05, 0) is 12.1 Å². The van der Waals surface area contributed by atoms with Crippen molar-refractivity contribution in [1.82, 2.24) is 24.5 Å². The first-order valence-electron chi connectivity index (χ1n) is 10.2. The average molecular weight is 414 g/mol. The summed E-state index contributed by atoms with van der Waals surface area (Å²) in [6, 6.07) is 19.4. The van der Waals surface area contributed by atoms with Crippen molar-refractivity contribution in [2.45, 2.75) is 0 Å². The lowest BCUT2D eigenvalue weighted by Crippen LogP contribution is -2.49. The number of piperazine rings is 1. The number of para-hydroxylation sites is 1. The van der Waals surface area contributed by atoms with Crippen molar-refractivity contribution in [3.8, 4) is 17.0 Å². The molecule has 4 aromatic rings. The van der Waals surface area contributed by atoms with E-state index in [4.69, 9.17) is 4.74 Å². The summed E-state index contributed by atoms with van der Waals surface area (Å²) < 4.78 is 7.11. The predicted molar refractivity (Wildman–Crippen MR) is 117 cm³/mol. The molecule has 0 aliphatic carbocycles. The number of carbonyl (C=O) groups is 1. The molecule has 2 aromatic heterocycles. The molecule has 8 nitrogen and oxygen atoms in total. The van der Waals surface area contributed by atoms with Crippen LogP contribution in [0.4, 0.5) is 5.82 Å². The largest absolute Gasteiger partial charge is 0.496 e. The highest BCUT2D eigenvalue weighted by Gasteiger charge is 2.26. The SMILES string of the molecule is COc1ccccc1C(=O)N1CCN(c2cc(-c3ccccc3)nc3ncnn23)CC1. The lowest BCUT2D eigenvalue weighted by Gasteiger charge is -2.36. The molecule has 5 rings (SSSR count). The molecule has 8 heteroatoms. The third-order valence-corrected chi connectivity index (χ3v) is 5.53. The van der Waals surface area contributed by atoms with Crippen LogP contribution in [0.3, 0.4) is 0 Å². The third-order valence-electron chi connectivity index (χ3n) is 5.53. The smallest absolute Gasteiger partial charge is 0.257 e. The van der Waals surface area contributed by atoms with Crippen molar-refractivity contribution in [3.63, 3.8) is 0 Å². The van der Waals surface area contributed by atoms with Gasteiger partial charge in [-0.25, -0.2) is 4.98 Å². The quantitative estimate of drug-likeness (QED) is 0.511. The molecule has 0 spiro atoms. The van der Waals surface area contributed by atoms with Gasteiger partial charge in [0.1, 0.15) is 17.9 Å². The zero-order valence-electron chi connectivity index (χ0n) is 17.2. The van der Waals surface area contributed by atoms with Crippen LogP contribution in [0, 0.1) is 0 Å². The first-order chi connectivity index (χ1) is 15.2. The van der Waals surface area contributed by atoms with Crippen molar-refractivity contribution in [1.29, 1.82) is 0 Å². The molecule has 0 bridgehead atoms. The molecular weight excluding hydrogens is 392 g/mol. The fraction of sp³-hybridized carbons (Fsp3) is 0.217. The molecule has 1 aliphatic rings. The van der Waals surface area contributed by atoms with Gasteiger partial charge >= 0.3 is 0 Å². The second-order valence-electron chi connectivity index (χ2n) is 7.32. The maximum Gasteiger partial charge on any atom is 0.257 e. The van der Waals surface area contributed by atoms with Crippen LogP contribution in [0.2, 0.25) is 0 Å². The number of nitrogens with zero attached hydrogens (tertiary/aromatic N) is 6. The lowest BCUT2D eigenvalue weighted by atomic mass is 10.1. The van der Waals surface area contributed by atoms with Gasteiger partial charge in [0.25, 0.3) is 11.7 Å². The Labute approximate surface area is 179 Å². The van der Waals surface area contributed by atoms with Crippen LogP contribution in [0.5, 0.6) is 5.75 Å². The Hall–Kier alpha value is -3.94. The number of aromatic nitrogens is 4. The molecule has 0 unspecified atom stereocenters. The highest BCUT2D eigenvalue weighted by Crippen LogP contribution is 2.25. The standard InChI is InChI=1S/C23H22N6O2/c1-31-20-10-6-5-9-18(20)22(30)28-13-11-27(12-14-28)21-15-19(17-7-3-2-4-8-17)26-23-24-16-25-29(21)23/h2-10,15-16H,11-14H2,1H3. The topological polar surface area (TPSA) is 75.9 Å². The third kappa shape index (κ3) is 3.56. The van der Waals surface area contributed by atoms with Crippen molar-refractivity contribution in [2.75, 3.05) is 38.2 Å². The molecule has 0 radical (unpaired) electrons. The monoisotopic (exact) mass is 414 g/mol. The van der Waals surface area contributed by atoms with E-state index >= 15 is 0 Å². The number of ether oxygens (including phenoxy) is 1. The summed E-state index contributed by atoms with van der Waals surface area (Å²) in [5, 5.41) is 4.36. The van der Waals surface area contributed by atoms with Gasteiger partial charge in [-0.2, -0.15) is 14.6 Å². The van der Waals surface area contributed by atoms with Crippen LogP contribution in [0.15, 0.2) is 67.0 Å². The highest BCUT2D eigenvalue weighted by atomic mass is 16.5. The van der Waals surface area contributed by atoms with Crippen molar-refractivity contribution in [2.24, 2.45) is 0 Å². The molecule has 2 aromatic carbocycles. The number of fused-ring (bicyclic) bond motifs is 1. The van der Waals surface area contributed by atoms with Crippen molar-refractivity contribution < 1.29 is 9.53 Å². The van der Waals surface area contributed by atoms with Crippen LogP contribution in [0.1, 0.15) is 10.4 Å². The highest BCUT2D eigenvalue weighted by molar-refractivity contribution is 5.97. The number of methoxy groups -OCH3 is 1. The Morgan fingerprint density at radius 1 is 0.968 bits per heavy atom. The molecule has 1 amide bonds. The number of hydrogen-bond acceptors (Lipinski definition) is 6. The van der Waals surface area contributed by atoms with Gasteiger partial charge in [0.05, 0.1) is 18.4 Å². The second-order valence-corrected chi connectivity index (χ2v) is 7.32. The fourth-order valence-corrected chi connectivity index (χ4v) is 3.91. The van der Waals surface area contributed by atoms with E-state index in [1.165, 1.54) is 6.33 Å². The molecule has 1 aliphatic heterocycles. The summed E-state index contributed by atoms with van der Waals surface area (Å²) in [5.74, 6) is 2.07. The van der Waals surface area contributed by atoms with Gasteiger partial charge in [-0.3, -0.25) is 4.79 Å². The number of anilines is 1. The predicted octanol–water partition coefficient (Wildman–Crippen LogP) is 2.76. The Morgan fingerprint density at radius 2 is 1.71 bits per heavy atom. The molecule has 1 fully saturated rings. The molecule has 1 saturated heterocycles. The molecular formula is C23H22N6O2. The Morgan fingerprint density at radius 3 is 2.48 bits per heavy atom. The molecule has 0 N–H and O–H groups in total. The van der Waals surface area contributed by atoms with Gasteiger partial charge in [-0.1, -0.05) is 42.5 Å². The Bertz CT molecular complexity index is 1220. The molecule has 156 valence electrons. The number of benzene rings is 2. The summed E-state index contributed by atoms with van der Waals surface area (Å²) in [6.45, 7) is 2.59. The number of hydrogen-bond donors (Lipinski definition) is 0. The first-order valence-corrected chi connectivity index (χ1v) is 10.2. The number of amides is 1. The van der Waals surface area contributed by atoms with Crippen LogP contribution < -0.4 is 9.64 Å². The van der Waals surface area contributed by atoms with Gasteiger partial charge < -0.3 is 14.5 Å². The lowest BCUT2D eigenvalue weighted by molar-refractivity contribution is 0.0743. The second kappa shape index (κ2) is 8.06. The summed E-state index contributed by atoms with van der Waals surface area (Å²) in [7, 11) is 1.58. The fourth-order valence-electron chi connectivity index (χ4n) is 3.91. The maximum absolute atomic E-state index is 13.0. The minimum absolute atomic E-state index is 0.0114. The Balaban J connectivity index is 1.39. The summed E-state index contributed by atoms with van der Waals surface area (Å²) in [6.07, 6.45) is 1.52. The minimum atomic E-state index is -0.0114. The van der Waals surface area contributed by atoms with Gasteiger partial charge in [0.15, 0.2) is 0 Å². The molecule has 31 heavy (non-hydrogen) atoms. The Kier molecular flexibility index (Phi) is 4.95. The van der Waals surface area contributed by atoms with Crippen LogP contribution in [0.25, 0.3) is 17.0 Å². The average Bonchev–Trinajstić information content (AvgIpc) is 3.32. The summed E-state index contributed by atoms with van der Waals surface area (Å²) in [4.78, 5) is 26.1. The van der Waals surface area contributed by atoms with E-state index in [9.17, 15) is 4.79 Å². The first kappa shape index (κ1) is 19.0. The van der Waals surface area contributed by atoms with Crippen LogP contribution in [-0.2, 0) is 0 Å². The number of rotatable bonds is 4. The van der Waals surface area contributed by atoms with E-state index in [1.807, 2.05) is 65.6 Å². The van der Waals surface area contributed by atoms with Crippen molar-refractivity contribution in [3.05, 3.63) is 72.6 Å². The van der Waals surface area contributed by atoms with E-state index in [-0.39, 0.29) is 5.91 Å². The van der Waals surface area contributed by atoms with Crippen LogP contribution in [-0.4, -0.2) is 63.7 Å². The molecule has 0 saturated carbocycles. The van der Waals surface area contributed by atoms with Crippen molar-refractivity contribution >= 4 is 17.5 Å². The van der Waals surface area contributed by atoms with Crippen LogP contribution >= 0.6 is 0 Å². The van der Waals surface area contributed by atoms with E-state index in [2.05, 4.69) is 20.0 Å². The normalized spacial score (nSPS) is 14.1. The zero-order chi connectivity index (χ0) is 21.2. The van der Waals surface area contributed by atoms with Gasteiger partial charge in [0.2, 0.25) is 0 Å². The summed E-state index contributed by atoms with van der Waals surface area (Å²) in [5.41, 5.74) is 2.47. The maximum atomic E-state index is 13.0. The molecule has 0 atom stereocenters. The van der Waals surface area contributed by atoms with E-state index < -0.39 is 0 Å². The minimum Gasteiger partial charge on any atom is -0.496 e. The zero-order valence-corrected chi connectivity index (χ0v) is 17.2. The summed E-state index contributed by atoms with van der Waals surface area (Å²) >= 11 is 0. The van der Waals surface area contributed by atoms with E-state index in [0.717, 1.165) is 17.1 Å². The van der Waals surface area contributed by atoms with Gasteiger partial charge in [0, 0.05) is 37.8 Å².